The molecule has 1 aliphatic rings. The van der Waals surface area contributed by atoms with E-state index in [1.807, 2.05) is 25.2 Å². The predicted molar refractivity (Wildman–Crippen MR) is 80.4 cm³/mol. The molecular formula is C16H16BrNO. The zero-order valence-electron chi connectivity index (χ0n) is 10.8. The van der Waals surface area contributed by atoms with Gasteiger partial charge in [0, 0.05) is 28.1 Å². The average Bonchev–Trinajstić information content (AvgIpc) is 2.46. The van der Waals surface area contributed by atoms with Crippen molar-refractivity contribution in [1.29, 1.82) is 0 Å². The number of para-hydroxylation sites is 1. The van der Waals surface area contributed by atoms with Gasteiger partial charge in [-0.25, -0.2) is 0 Å². The molecule has 2 unspecified atom stereocenters. The summed E-state index contributed by atoms with van der Waals surface area (Å²) in [4.78, 5) is 0. The Morgan fingerprint density at radius 2 is 1.74 bits per heavy atom. The van der Waals surface area contributed by atoms with Crippen LogP contribution in [0.4, 0.5) is 0 Å². The molecule has 19 heavy (non-hydrogen) atoms. The lowest BCUT2D eigenvalue weighted by Crippen LogP contribution is -2.26. The second kappa shape index (κ2) is 5.35. The van der Waals surface area contributed by atoms with E-state index in [0.717, 1.165) is 16.6 Å². The Hall–Kier alpha value is -1.32. The van der Waals surface area contributed by atoms with E-state index < -0.39 is 0 Å². The molecule has 2 atom stereocenters. The maximum absolute atomic E-state index is 6.16. The van der Waals surface area contributed by atoms with E-state index >= 15 is 0 Å². The Labute approximate surface area is 121 Å². The highest BCUT2D eigenvalue weighted by Gasteiger charge is 2.28. The van der Waals surface area contributed by atoms with Crippen molar-refractivity contribution in [1.82, 2.24) is 5.32 Å². The third-order valence-electron chi connectivity index (χ3n) is 3.61. The number of ether oxygens (including phenoxy) is 1. The lowest BCUT2D eigenvalue weighted by atomic mass is 9.93. The number of benzene rings is 2. The largest absolute Gasteiger partial charge is 0.485 e. The summed E-state index contributed by atoms with van der Waals surface area (Å²) in [6.07, 6.45) is 1.03. The van der Waals surface area contributed by atoms with Crippen molar-refractivity contribution in [3.8, 4) is 5.75 Å². The number of hydrogen-bond acceptors (Lipinski definition) is 2. The average molecular weight is 318 g/mol. The first-order valence-corrected chi connectivity index (χ1v) is 7.26. The van der Waals surface area contributed by atoms with Crippen LogP contribution in [0.25, 0.3) is 0 Å². The first kappa shape index (κ1) is 12.7. The van der Waals surface area contributed by atoms with Crippen LogP contribution in [0, 0.1) is 0 Å². The second-order valence-electron chi connectivity index (χ2n) is 4.74. The third-order valence-corrected chi connectivity index (χ3v) is 4.34. The van der Waals surface area contributed by atoms with Gasteiger partial charge >= 0.3 is 0 Å². The van der Waals surface area contributed by atoms with Crippen LogP contribution in [0.5, 0.6) is 5.75 Å². The predicted octanol–water partition coefficient (Wildman–Crippen LogP) is 4.23. The third kappa shape index (κ3) is 2.40. The maximum atomic E-state index is 6.16. The van der Waals surface area contributed by atoms with E-state index in [0.29, 0.717) is 6.04 Å². The highest BCUT2D eigenvalue weighted by atomic mass is 79.9. The molecule has 3 rings (SSSR count). The Kier molecular flexibility index (Phi) is 3.58. The molecule has 0 saturated heterocycles. The minimum Gasteiger partial charge on any atom is -0.485 e. The number of hydrogen-bond donors (Lipinski definition) is 1. The van der Waals surface area contributed by atoms with Gasteiger partial charge in [0.2, 0.25) is 0 Å². The standard InChI is InChI=1S/C16H16BrNO/c1-18-14-10-16(11-6-2-4-8-13(11)17)19-15-9-5-3-7-12(14)15/h2-9,14,16,18H,10H2,1H3. The maximum Gasteiger partial charge on any atom is 0.127 e. The number of fused-ring (bicyclic) bond motifs is 1. The highest BCUT2D eigenvalue weighted by Crippen LogP contribution is 2.41. The summed E-state index contributed by atoms with van der Waals surface area (Å²) in [5.74, 6) is 0.980. The van der Waals surface area contributed by atoms with Crippen molar-refractivity contribution in [2.75, 3.05) is 7.05 Å². The first-order valence-electron chi connectivity index (χ1n) is 6.47. The normalized spacial score (nSPS) is 21.6. The van der Waals surface area contributed by atoms with Gasteiger partial charge in [0.05, 0.1) is 0 Å². The van der Waals surface area contributed by atoms with Gasteiger partial charge in [0.15, 0.2) is 0 Å². The van der Waals surface area contributed by atoms with E-state index in [1.54, 1.807) is 0 Å². The summed E-state index contributed by atoms with van der Waals surface area (Å²) in [7, 11) is 2.00. The Morgan fingerprint density at radius 3 is 2.47 bits per heavy atom. The zero-order chi connectivity index (χ0) is 13.2. The van der Waals surface area contributed by atoms with Crippen molar-refractivity contribution >= 4 is 15.9 Å². The van der Waals surface area contributed by atoms with Gasteiger partial charge in [-0.2, -0.15) is 0 Å². The lowest BCUT2D eigenvalue weighted by Gasteiger charge is -2.32. The molecule has 98 valence electrons. The van der Waals surface area contributed by atoms with E-state index in [2.05, 4.69) is 51.6 Å². The molecule has 1 aliphatic heterocycles. The van der Waals surface area contributed by atoms with Crippen molar-refractivity contribution < 1.29 is 4.74 Å². The molecule has 0 saturated carbocycles. The molecule has 0 aromatic heterocycles. The molecule has 0 spiro atoms. The fraction of sp³-hybridized carbons (Fsp3) is 0.250. The summed E-state index contributed by atoms with van der Waals surface area (Å²) in [5, 5.41) is 3.38. The van der Waals surface area contributed by atoms with Crippen LogP contribution < -0.4 is 10.1 Å². The molecule has 0 bridgehead atoms. The van der Waals surface area contributed by atoms with Crippen molar-refractivity contribution in [3.05, 3.63) is 64.1 Å². The minimum atomic E-state index is 0.0860. The van der Waals surface area contributed by atoms with Gasteiger partial charge in [-0.1, -0.05) is 52.3 Å². The van der Waals surface area contributed by atoms with Crippen LogP contribution in [0.15, 0.2) is 53.0 Å². The number of halogens is 1. The van der Waals surface area contributed by atoms with Gasteiger partial charge in [-0.15, -0.1) is 0 Å². The Balaban J connectivity index is 1.98. The van der Waals surface area contributed by atoms with Gasteiger partial charge in [-0.05, 0) is 19.2 Å². The molecule has 2 aromatic rings. The van der Waals surface area contributed by atoms with E-state index in [9.17, 15) is 0 Å². The Morgan fingerprint density at radius 1 is 1.05 bits per heavy atom. The monoisotopic (exact) mass is 317 g/mol. The van der Waals surface area contributed by atoms with E-state index in [1.165, 1.54) is 11.1 Å². The summed E-state index contributed by atoms with van der Waals surface area (Å²) in [6.45, 7) is 0. The summed E-state index contributed by atoms with van der Waals surface area (Å²) < 4.78 is 7.27. The molecule has 2 nitrogen and oxygen atoms in total. The van der Waals surface area contributed by atoms with Crippen molar-refractivity contribution in [2.45, 2.75) is 18.6 Å². The van der Waals surface area contributed by atoms with Crippen LogP contribution >= 0.6 is 15.9 Å². The summed E-state index contributed by atoms with van der Waals surface area (Å²) in [5.41, 5.74) is 2.45. The fourth-order valence-corrected chi connectivity index (χ4v) is 3.16. The first-order chi connectivity index (χ1) is 9.29. The van der Waals surface area contributed by atoms with Gasteiger partial charge in [-0.3, -0.25) is 0 Å². The molecule has 0 amide bonds. The molecule has 0 radical (unpaired) electrons. The van der Waals surface area contributed by atoms with Gasteiger partial charge in [0.25, 0.3) is 0 Å². The summed E-state index contributed by atoms with van der Waals surface area (Å²) >= 11 is 3.61. The van der Waals surface area contributed by atoms with Crippen LogP contribution in [-0.2, 0) is 0 Å². The molecule has 1 heterocycles. The molecule has 2 aromatic carbocycles. The van der Waals surface area contributed by atoms with Crippen molar-refractivity contribution in [3.63, 3.8) is 0 Å². The molecule has 0 fully saturated rings. The number of rotatable bonds is 2. The van der Waals surface area contributed by atoms with Gasteiger partial charge < -0.3 is 10.1 Å². The Bertz CT molecular complexity index is 584. The molecule has 1 N–H and O–H groups in total. The quantitative estimate of drug-likeness (QED) is 0.894. The van der Waals surface area contributed by atoms with E-state index in [4.69, 9.17) is 4.74 Å². The SMILES string of the molecule is CNC1CC(c2ccccc2Br)Oc2ccccc21. The molecular weight excluding hydrogens is 302 g/mol. The molecule has 0 aliphatic carbocycles. The molecule has 3 heteroatoms. The van der Waals surface area contributed by atoms with Gasteiger partial charge in [0.1, 0.15) is 11.9 Å². The van der Waals surface area contributed by atoms with Crippen LogP contribution in [-0.4, -0.2) is 7.05 Å². The zero-order valence-corrected chi connectivity index (χ0v) is 12.4. The van der Waals surface area contributed by atoms with Crippen LogP contribution in [0.3, 0.4) is 0 Å². The van der Waals surface area contributed by atoms with Crippen molar-refractivity contribution in [2.24, 2.45) is 0 Å². The minimum absolute atomic E-state index is 0.0860. The smallest absolute Gasteiger partial charge is 0.127 e. The summed E-state index contributed by atoms with van der Waals surface area (Å²) in [6, 6.07) is 16.9. The lowest BCUT2D eigenvalue weighted by molar-refractivity contribution is 0.153. The highest BCUT2D eigenvalue weighted by molar-refractivity contribution is 9.10. The topological polar surface area (TPSA) is 21.3 Å². The van der Waals surface area contributed by atoms with E-state index in [-0.39, 0.29) is 6.10 Å². The number of nitrogens with one attached hydrogen (secondary N) is 1. The van der Waals surface area contributed by atoms with Crippen LogP contribution in [0.1, 0.15) is 29.7 Å². The second-order valence-corrected chi connectivity index (χ2v) is 5.60. The van der Waals surface area contributed by atoms with Crippen LogP contribution in [0.2, 0.25) is 0 Å². The fourth-order valence-electron chi connectivity index (χ4n) is 2.62.